The fourth-order valence-corrected chi connectivity index (χ4v) is 5.11. The van der Waals surface area contributed by atoms with E-state index in [9.17, 15) is 9.59 Å². The van der Waals surface area contributed by atoms with Crippen LogP contribution < -0.4 is 5.32 Å². The molecule has 0 saturated carbocycles. The van der Waals surface area contributed by atoms with Gasteiger partial charge >= 0.3 is 6.03 Å². The zero-order valence-electron chi connectivity index (χ0n) is 19.9. The van der Waals surface area contributed by atoms with E-state index < -0.39 is 0 Å². The van der Waals surface area contributed by atoms with Gasteiger partial charge in [-0.1, -0.05) is 11.3 Å². The van der Waals surface area contributed by atoms with E-state index in [1.54, 1.807) is 39.3 Å². The van der Waals surface area contributed by atoms with Crippen molar-refractivity contribution in [2.45, 2.75) is 12.8 Å². The Kier molecular flexibility index (Phi) is 5.81. The molecule has 4 aromatic rings. The zero-order chi connectivity index (χ0) is 24.7. The third kappa shape index (κ3) is 4.17. The smallest absolute Gasteiger partial charge is 0.323 e. The Morgan fingerprint density at radius 1 is 1.03 bits per heavy atom. The van der Waals surface area contributed by atoms with Gasteiger partial charge in [-0.25, -0.2) is 14.5 Å². The van der Waals surface area contributed by atoms with Gasteiger partial charge in [0.05, 0.1) is 27.6 Å². The lowest BCUT2D eigenvalue weighted by atomic mass is 9.95. The number of thiazole rings is 1. The summed E-state index contributed by atoms with van der Waals surface area (Å²) < 4.78 is 1.91. The molecule has 0 unspecified atom stereocenters. The maximum Gasteiger partial charge on any atom is 0.323 e. The summed E-state index contributed by atoms with van der Waals surface area (Å²) >= 11 is 1.45. The van der Waals surface area contributed by atoms with E-state index in [4.69, 9.17) is 10.1 Å². The molecule has 3 heterocycles. The zero-order valence-corrected chi connectivity index (χ0v) is 20.8. The SMILES string of the molecule is CN(C)C(=O)Nc1nc2c(s1)-c1c(c(-c3cccnc3)nn1-c1ccc(C(=O)N(C)C)cc1)CC2. The van der Waals surface area contributed by atoms with Gasteiger partial charge in [0.15, 0.2) is 5.13 Å². The molecule has 0 saturated heterocycles. The van der Waals surface area contributed by atoms with Crippen LogP contribution in [0.25, 0.3) is 27.5 Å². The number of carbonyl (C=O) groups excluding carboxylic acids is 2. The van der Waals surface area contributed by atoms with Gasteiger partial charge in [0.1, 0.15) is 0 Å². The Balaban J connectivity index is 1.64. The van der Waals surface area contributed by atoms with Crippen LogP contribution in [0.1, 0.15) is 21.6 Å². The molecule has 0 spiro atoms. The van der Waals surface area contributed by atoms with Crippen molar-refractivity contribution in [3.63, 3.8) is 0 Å². The summed E-state index contributed by atoms with van der Waals surface area (Å²) in [6.07, 6.45) is 5.09. The van der Waals surface area contributed by atoms with Gasteiger partial charge in [0, 0.05) is 57.3 Å². The predicted molar refractivity (Wildman–Crippen MR) is 136 cm³/mol. The summed E-state index contributed by atoms with van der Waals surface area (Å²) in [5.41, 5.74) is 6.28. The number of benzene rings is 1. The standard InChI is InChI=1S/C25H25N7O2S/c1-30(2)23(33)15-7-9-17(10-8-15)32-21-18(20(29-32)16-6-5-13-26-14-16)11-12-19-22(21)35-24(27-19)28-25(34)31(3)4/h5-10,13-14H,11-12H2,1-4H3,(H,27,28,34). The molecule has 9 nitrogen and oxygen atoms in total. The van der Waals surface area contributed by atoms with E-state index >= 15 is 0 Å². The molecule has 1 aromatic carbocycles. The highest BCUT2D eigenvalue weighted by Crippen LogP contribution is 2.44. The van der Waals surface area contributed by atoms with Gasteiger partial charge in [-0.3, -0.25) is 15.1 Å². The predicted octanol–water partition coefficient (Wildman–Crippen LogP) is 3.95. The highest BCUT2D eigenvalue weighted by atomic mass is 32.1. The number of amides is 3. The Morgan fingerprint density at radius 3 is 2.46 bits per heavy atom. The van der Waals surface area contributed by atoms with Crippen molar-refractivity contribution in [3.05, 3.63) is 65.6 Å². The first kappa shape index (κ1) is 22.7. The van der Waals surface area contributed by atoms with Crippen molar-refractivity contribution < 1.29 is 9.59 Å². The number of rotatable bonds is 4. The number of nitrogens with zero attached hydrogens (tertiary/aromatic N) is 6. The summed E-state index contributed by atoms with van der Waals surface area (Å²) in [4.78, 5) is 37.6. The molecule has 10 heteroatoms. The van der Waals surface area contributed by atoms with Gasteiger partial charge in [-0.05, 0) is 49.2 Å². The number of nitrogens with one attached hydrogen (secondary N) is 1. The van der Waals surface area contributed by atoms with Crippen molar-refractivity contribution in [3.8, 4) is 27.5 Å². The van der Waals surface area contributed by atoms with Crippen molar-refractivity contribution >= 4 is 28.4 Å². The second-order valence-electron chi connectivity index (χ2n) is 8.70. The third-order valence-electron chi connectivity index (χ3n) is 5.83. The summed E-state index contributed by atoms with van der Waals surface area (Å²) in [5.74, 6) is -0.0545. The van der Waals surface area contributed by atoms with E-state index in [-0.39, 0.29) is 11.9 Å². The fraction of sp³-hybridized carbons (Fsp3) is 0.240. The van der Waals surface area contributed by atoms with Crippen LogP contribution in [0.5, 0.6) is 0 Å². The number of hydrogen-bond donors (Lipinski definition) is 1. The Hall–Kier alpha value is -4.05. The van der Waals surface area contributed by atoms with Crippen LogP contribution in [-0.4, -0.2) is 69.7 Å². The molecular weight excluding hydrogens is 462 g/mol. The molecule has 1 N–H and O–H groups in total. The van der Waals surface area contributed by atoms with E-state index in [0.717, 1.165) is 51.6 Å². The molecule has 0 fully saturated rings. The summed E-state index contributed by atoms with van der Waals surface area (Å²) in [6.45, 7) is 0. The van der Waals surface area contributed by atoms with Crippen LogP contribution in [0.15, 0.2) is 48.8 Å². The Labute approximate surface area is 207 Å². The minimum absolute atomic E-state index is 0.0545. The number of aryl methyl sites for hydroxylation is 1. The topological polar surface area (TPSA) is 96.2 Å². The molecule has 3 amide bonds. The molecule has 0 radical (unpaired) electrons. The molecule has 1 aliphatic rings. The first-order valence-electron chi connectivity index (χ1n) is 11.2. The first-order valence-corrected chi connectivity index (χ1v) is 12.0. The van der Waals surface area contributed by atoms with Gasteiger partial charge in [0.25, 0.3) is 5.91 Å². The molecule has 0 aliphatic heterocycles. The number of hydrogen-bond acceptors (Lipinski definition) is 6. The van der Waals surface area contributed by atoms with Crippen LogP contribution in [-0.2, 0) is 12.8 Å². The van der Waals surface area contributed by atoms with E-state index in [2.05, 4.69) is 10.3 Å². The molecule has 0 atom stereocenters. The number of pyridine rings is 1. The van der Waals surface area contributed by atoms with E-state index in [1.807, 2.05) is 47.3 Å². The molecule has 35 heavy (non-hydrogen) atoms. The van der Waals surface area contributed by atoms with Crippen molar-refractivity contribution in [2.24, 2.45) is 0 Å². The highest BCUT2D eigenvalue weighted by Gasteiger charge is 2.30. The molecule has 178 valence electrons. The lowest BCUT2D eigenvalue weighted by Crippen LogP contribution is -2.27. The van der Waals surface area contributed by atoms with Gasteiger partial charge < -0.3 is 9.80 Å². The number of aromatic nitrogens is 4. The molecule has 1 aliphatic carbocycles. The van der Waals surface area contributed by atoms with E-state index in [1.165, 1.54) is 16.2 Å². The van der Waals surface area contributed by atoms with Gasteiger partial charge in [-0.15, -0.1) is 0 Å². The average Bonchev–Trinajstić information content (AvgIpc) is 3.45. The maximum atomic E-state index is 12.4. The van der Waals surface area contributed by atoms with Crippen LogP contribution in [0, 0.1) is 0 Å². The number of fused-ring (bicyclic) bond motifs is 3. The quantitative estimate of drug-likeness (QED) is 0.470. The minimum atomic E-state index is -0.220. The molecule has 5 rings (SSSR count). The normalized spacial score (nSPS) is 12.0. The van der Waals surface area contributed by atoms with Gasteiger partial charge in [-0.2, -0.15) is 5.10 Å². The fourth-order valence-electron chi connectivity index (χ4n) is 4.05. The van der Waals surface area contributed by atoms with Crippen molar-refractivity contribution in [1.82, 2.24) is 29.5 Å². The number of anilines is 1. The highest BCUT2D eigenvalue weighted by molar-refractivity contribution is 7.19. The molecular formula is C25H25N7O2S. The van der Waals surface area contributed by atoms with Crippen LogP contribution >= 0.6 is 11.3 Å². The molecule has 0 bridgehead atoms. The minimum Gasteiger partial charge on any atom is -0.345 e. The number of carbonyl (C=O) groups is 2. The van der Waals surface area contributed by atoms with Crippen molar-refractivity contribution in [2.75, 3.05) is 33.5 Å². The molecule has 3 aromatic heterocycles. The lowest BCUT2D eigenvalue weighted by Gasteiger charge is -2.15. The maximum absolute atomic E-state index is 12.4. The van der Waals surface area contributed by atoms with Crippen LogP contribution in [0.2, 0.25) is 0 Å². The summed E-state index contributed by atoms with van der Waals surface area (Å²) in [5, 5.41) is 8.43. The van der Waals surface area contributed by atoms with Gasteiger partial charge in [0.2, 0.25) is 0 Å². The second kappa shape index (κ2) is 8.95. The largest absolute Gasteiger partial charge is 0.345 e. The number of urea groups is 1. The Bertz CT molecular complexity index is 1410. The van der Waals surface area contributed by atoms with Crippen LogP contribution in [0.4, 0.5) is 9.93 Å². The second-order valence-corrected chi connectivity index (χ2v) is 9.69. The Morgan fingerprint density at radius 2 is 1.80 bits per heavy atom. The average molecular weight is 488 g/mol. The summed E-state index contributed by atoms with van der Waals surface area (Å²) in [7, 11) is 6.86. The van der Waals surface area contributed by atoms with E-state index in [0.29, 0.717) is 10.7 Å². The summed E-state index contributed by atoms with van der Waals surface area (Å²) in [6, 6.07) is 11.1. The monoisotopic (exact) mass is 487 g/mol. The third-order valence-corrected chi connectivity index (χ3v) is 6.85. The van der Waals surface area contributed by atoms with Crippen LogP contribution in [0.3, 0.4) is 0 Å². The first-order chi connectivity index (χ1) is 16.8. The van der Waals surface area contributed by atoms with Crippen molar-refractivity contribution in [1.29, 1.82) is 0 Å². The lowest BCUT2D eigenvalue weighted by molar-refractivity contribution is 0.0827.